The molecule has 0 rings (SSSR count). The first-order valence-electron chi connectivity index (χ1n) is 5.91. The third kappa shape index (κ3) is 10.2. The van der Waals surface area contributed by atoms with Crippen molar-refractivity contribution < 1.29 is 0 Å². The lowest BCUT2D eigenvalue weighted by molar-refractivity contribution is 0.253. The van der Waals surface area contributed by atoms with Crippen molar-refractivity contribution in [3.8, 4) is 0 Å². The lowest BCUT2D eigenvalue weighted by atomic mass is 9.91. The Morgan fingerprint density at radius 3 is 1.07 bits per heavy atom. The molecule has 92 valence electrons. The molecule has 0 aliphatic carbocycles. The van der Waals surface area contributed by atoms with Crippen LogP contribution in [-0.4, -0.2) is 24.2 Å². The average Bonchev–Trinajstić information content (AvgIpc) is 1.96. The van der Waals surface area contributed by atoms with Gasteiger partial charge in [-0.25, -0.2) is 0 Å². The summed E-state index contributed by atoms with van der Waals surface area (Å²) in [6, 6.07) is 0. The highest BCUT2D eigenvalue weighted by molar-refractivity contribution is 4.82. The normalized spacial score (nSPS) is 14.4. The molecule has 0 saturated heterocycles. The molecule has 0 aromatic carbocycles. The maximum absolute atomic E-state index is 3.56. The summed E-state index contributed by atoms with van der Waals surface area (Å²) in [6.45, 7) is 19.9. The molecule has 0 heterocycles. The first-order chi connectivity index (χ1) is 6.41. The topological polar surface area (TPSA) is 24.1 Å². The minimum atomic E-state index is 0.207. The van der Waals surface area contributed by atoms with E-state index in [1.165, 1.54) is 0 Å². The fourth-order valence-electron chi connectivity index (χ4n) is 1.07. The number of rotatable bonds is 4. The molecule has 0 bridgehead atoms. The van der Waals surface area contributed by atoms with Gasteiger partial charge in [-0.2, -0.15) is 0 Å². The summed E-state index contributed by atoms with van der Waals surface area (Å²) >= 11 is 0. The summed E-state index contributed by atoms with van der Waals surface area (Å²) in [5, 5.41) is 7.12. The van der Waals surface area contributed by atoms with Gasteiger partial charge in [0.1, 0.15) is 0 Å². The summed E-state index contributed by atoms with van der Waals surface area (Å²) < 4.78 is 0. The van der Waals surface area contributed by atoms with Gasteiger partial charge in [-0.1, -0.05) is 13.8 Å². The van der Waals surface area contributed by atoms with Gasteiger partial charge >= 0.3 is 0 Å². The Morgan fingerprint density at radius 1 is 0.600 bits per heavy atom. The van der Waals surface area contributed by atoms with Crippen molar-refractivity contribution in [1.82, 2.24) is 10.6 Å². The largest absolute Gasteiger partial charge is 0.311 e. The van der Waals surface area contributed by atoms with Gasteiger partial charge in [0.15, 0.2) is 0 Å². The van der Waals surface area contributed by atoms with E-state index in [2.05, 4.69) is 66.0 Å². The molecule has 2 N–H and O–H groups in total. The molecule has 2 nitrogen and oxygen atoms in total. The molecular weight excluding hydrogens is 184 g/mol. The Labute approximate surface area is 96.2 Å². The minimum absolute atomic E-state index is 0.207. The zero-order valence-electron chi connectivity index (χ0n) is 11.9. The SMILES string of the molecule is CC(C)(CNC(C)(C)C)CNC(C)(C)C. The Balaban J connectivity index is 3.98. The minimum Gasteiger partial charge on any atom is -0.311 e. The third-order valence-corrected chi connectivity index (χ3v) is 2.19. The lowest BCUT2D eigenvalue weighted by Crippen LogP contribution is -2.48. The van der Waals surface area contributed by atoms with Gasteiger partial charge in [0.05, 0.1) is 0 Å². The monoisotopic (exact) mass is 214 g/mol. The summed E-state index contributed by atoms with van der Waals surface area (Å²) in [4.78, 5) is 0. The van der Waals surface area contributed by atoms with E-state index < -0.39 is 0 Å². The van der Waals surface area contributed by atoms with Gasteiger partial charge in [-0.3, -0.25) is 0 Å². The van der Waals surface area contributed by atoms with Gasteiger partial charge in [-0.05, 0) is 47.0 Å². The molecular formula is C13H30N2. The molecule has 0 aliphatic rings. The van der Waals surface area contributed by atoms with Crippen molar-refractivity contribution in [2.24, 2.45) is 5.41 Å². The second-order valence-electron chi connectivity index (χ2n) is 7.37. The Kier molecular flexibility index (Phi) is 4.81. The van der Waals surface area contributed by atoms with E-state index in [4.69, 9.17) is 0 Å². The average molecular weight is 214 g/mol. The quantitative estimate of drug-likeness (QED) is 0.752. The van der Waals surface area contributed by atoms with Crippen LogP contribution in [0.4, 0.5) is 0 Å². The van der Waals surface area contributed by atoms with Crippen LogP contribution in [-0.2, 0) is 0 Å². The van der Waals surface area contributed by atoms with E-state index in [1.807, 2.05) is 0 Å². The van der Waals surface area contributed by atoms with Crippen molar-refractivity contribution in [2.75, 3.05) is 13.1 Å². The van der Waals surface area contributed by atoms with Crippen LogP contribution in [0.15, 0.2) is 0 Å². The smallest absolute Gasteiger partial charge is 0.00967 e. The third-order valence-electron chi connectivity index (χ3n) is 2.19. The molecule has 0 fully saturated rings. The fraction of sp³-hybridized carbons (Fsp3) is 1.00. The molecule has 0 amide bonds. The summed E-state index contributed by atoms with van der Waals surface area (Å²) in [7, 11) is 0. The Bertz CT molecular complexity index is 162. The van der Waals surface area contributed by atoms with Gasteiger partial charge in [0.25, 0.3) is 0 Å². The van der Waals surface area contributed by atoms with Crippen LogP contribution >= 0.6 is 0 Å². The van der Waals surface area contributed by atoms with Crippen LogP contribution in [0.1, 0.15) is 55.4 Å². The molecule has 0 aromatic heterocycles. The van der Waals surface area contributed by atoms with Gasteiger partial charge in [0.2, 0.25) is 0 Å². The molecule has 0 radical (unpaired) electrons. The first kappa shape index (κ1) is 14.9. The van der Waals surface area contributed by atoms with Crippen LogP contribution in [0.5, 0.6) is 0 Å². The molecule has 0 saturated carbocycles. The Morgan fingerprint density at radius 2 is 0.867 bits per heavy atom. The van der Waals surface area contributed by atoms with Crippen LogP contribution in [0, 0.1) is 5.41 Å². The van der Waals surface area contributed by atoms with E-state index in [0.29, 0.717) is 5.41 Å². The van der Waals surface area contributed by atoms with Gasteiger partial charge in [0, 0.05) is 24.2 Å². The standard InChI is InChI=1S/C13H30N2/c1-11(2,3)14-9-13(7,8)10-15-12(4,5)6/h14-15H,9-10H2,1-8H3. The van der Waals surface area contributed by atoms with Crippen molar-refractivity contribution in [3.63, 3.8) is 0 Å². The molecule has 15 heavy (non-hydrogen) atoms. The van der Waals surface area contributed by atoms with Crippen molar-refractivity contribution in [1.29, 1.82) is 0 Å². The summed E-state index contributed by atoms with van der Waals surface area (Å²) in [5.41, 5.74) is 0.707. The molecule has 0 spiro atoms. The maximum Gasteiger partial charge on any atom is 0.00967 e. The predicted octanol–water partition coefficient (Wildman–Crippen LogP) is 2.79. The van der Waals surface area contributed by atoms with E-state index in [-0.39, 0.29) is 11.1 Å². The number of nitrogens with one attached hydrogen (secondary N) is 2. The molecule has 0 atom stereocenters. The predicted molar refractivity (Wildman–Crippen MR) is 69.3 cm³/mol. The van der Waals surface area contributed by atoms with E-state index >= 15 is 0 Å². The molecule has 0 unspecified atom stereocenters. The van der Waals surface area contributed by atoms with Crippen LogP contribution in [0.25, 0.3) is 0 Å². The zero-order chi connectivity index (χ0) is 12.3. The first-order valence-corrected chi connectivity index (χ1v) is 5.91. The summed E-state index contributed by atoms with van der Waals surface area (Å²) in [6.07, 6.45) is 0. The van der Waals surface area contributed by atoms with Crippen LogP contribution < -0.4 is 10.6 Å². The highest BCUT2D eigenvalue weighted by Gasteiger charge is 2.22. The highest BCUT2D eigenvalue weighted by atomic mass is 15.0. The molecule has 2 heteroatoms. The van der Waals surface area contributed by atoms with Crippen molar-refractivity contribution in [2.45, 2.75) is 66.5 Å². The van der Waals surface area contributed by atoms with Crippen molar-refractivity contribution >= 4 is 0 Å². The lowest BCUT2D eigenvalue weighted by Gasteiger charge is -2.33. The summed E-state index contributed by atoms with van der Waals surface area (Å²) in [5.74, 6) is 0. The second-order valence-corrected chi connectivity index (χ2v) is 7.37. The van der Waals surface area contributed by atoms with E-state index in [9.17, 15) is 0 Å². The zero-order valence-corrected chi connectivity index (χ0v) is 11.9. The van der Waals surface area contributed by atoms with Crippen LogP contribution in [0.2, 0.25) is 0 Å². The number of hydrogen-bond acceptors (Lipinski definition) is 2. The van der Waals surface area contributed by atoms with Crippen molar-refractivity contribution in [3.05, 3.63) is 0 Å². The van der Waals surface area contributed by atoms with Crippen LogP contribution in [0.3, 0.4) is 0 Å². The van der Waals surface area contributed by atoms with Gasteiger partial charge < -0.3 is 10.6 Å². The Hall–Kier alpha value is -0.0800. The van der Waals surface area contributed by atoms with E-state index in [1.54, 1.807) is 0 Å². The highest BCUT2D eigenvalue weighted by Crippen LogP contribution is 2.15. The fourth-order valence-corrected chi connectivity index (χ4v) is 1.07. The molecule has 0 aromatic rings. The van der Waals surface area contributed by atoms with E-state index in [0.717, 1.165) is 13.1 Å². The molecule has 0 aliphatic heterocycles. The maximum atomic E-state index is 3.56. The second kappa shape index (κ2) is 4.84. The number of hydrogen-bond donors (Lipinski definition) is 2. The van der Waals surface area contributed by atoms with Gasteiger partial charge in [-0.15, -0.1) is 0 Å².